The molecule has 0 radical (unpaired) electrons. The number of methoxy groups -OCH3 is 1. The van der Waals surface area contributed by atoms with Crippen LogP contribution in [0.25, 0.3) is 0 Å². The number of ether oxygens (including phenoxy) is 2. The number of nitrogens with one attached hydrogen (secondary N) is 1. The quantitative estimate of drug-likeness (QED) is 0.714. The molecule has 3 atom stereocenters. The van der Waals surface area contributed by atoms with Crippen molar-refractivity contribution < 1.29 is 19.4 Å². The fraction of sp³-hybridized carbons (Fsp3) is 0.625. The van der Waals surface area contributed by atoms with E-state index in [0.717, 1.165) is 5.69 Å². The van der Waals surface area contributed by atoms with Crippen molar-refractivity contribution in [3.05, 3.63) is 30.1 Å². The molecule has 2 heterocycles. The molecule has 1 saturated heterocycles. The summed E-state index contributed by atoms with van der Waals surface area (Å²) < 4.78 is 10.6. The lowest BCUT2D eigenvalue weighted by Crippen LogP contribution is -2.50. The topological polar surface area (TPSA) is 83.9 Å². The van der Waals surface area contributed by atoms with Crippen LogP contribution in [-0.4, -0.2) is 73.6 Å². The summed E-state index contributed by atoms with van der Waals surface area (Å²) in [6, 6.07) is 5.71. The van der Waals surface area contributed by atoms with Gasteiger partial charge in [0.2, 0.25) is 5.91 Å². The van der Waals surface area contributed by atoms with E-state index in [1.807, 2.05) is 30.1 Å². The van der Waals surface area contributed by atoms with Crippen LogP contribution in [0.4, 0.5) is 0 Å². The number of aromatic nitrogens is 1. The van der Waals surface area contributed by atoms with Gasteiger partial charge in [0.25, 0.3) is 0 Å². The van der Waals surface area contributed by atoms with Crippen LogP contribution in [0.2, 0.25) is 0 Å². The Labute approximate surface area is 136 Å². The highest BCUT2D eigenvalue weighted by Gasteiger charge is 2.32. The first-order chi connectivity index (χ1) is 11.1. The Bertz CT molecular complexity index is 485. The minimum absolute atomic E-state index is 0.0878. The van der Waals surface area contributed by atoms with Crippen molar-refractivity contribution in [3.63, 3.8) is 0 Å². The molecule has 0 unspecified atom stereocenters. The van der Waals surface area contributed by atoms with E-state index in [9.17, 15) is 9.90 Å². The SMILES string of the molecule is CO[C@@H]1COC[C@@H](CNC(=O)CN(C)Cc2ccccn2)[C@@H]1O. The standard InChI is InChI=1S/C16H25N3O4/c1-19(8-13-5-3-4-6-17-13)9-15(20)18-7-12-10-23-11-14(22-2)16(12)21/h3-6,12,14,16,21H,7-11H2,1-2H3,(H,18,20)/t12-,14-,16+/m1/s1. The van der Waals surface area contributed by atoms with E-state index >= 15 is 0 Å². The average Bonchev–Trinajstić information content (AvgIpc) is 2.54. The molecule has 0 aromatic carbocycles. The molecule has 1 fully saturated rings. The number of nitrogens with zero attached hydrogens (tertiary/aromatic N) is 2. The first-order valence-corrected chi connectivity index (χ1v) is 7.74. The molecule has 7 nitrogen and oxygen atoms in total. The molecule has 7 heteroatoms. The molecule has 128 valence electrons. The minimum atomic E-state index is -0.625. The van der Waals surface area contributed by atoms with Gasteiger partial charge in [0, 0.05) is 32.3 Å². The van der Waals surface area contributed by atoms with Gasteiger partial charge in [-0.2, -0.15) is 0 Å². The van der Waals surface area contributed by atoms with Gasteiger partial charge in [-0.15, -0.1) is 0 Å². The first kappa shape index (κ1) is 17.8. The molecule has 0 bridgehead atoms. The van der Waals surface area contributed by atoms with Gasteiger partial charge in [0.05, 0.1) is 31.6 Å². The molecule has 1 aromatic heterocycles. The van der Waals surface area contributed by atoms with Crippen LogP contribution in [0.1, 0.15) is 5.69 Å². The second-order valence-electron chi connectivity index (χ2n) is 5.86. The molecule has 1 amide bonds. The summed E-state index contributed by atoms with van der Waals surface area (Å²) in [7, 11) is 3.42. The molecule has 0 aliphatic carbocycles. The summed E-state index contributed by atoms with van der Waals surface area (Å²) in [6.45, 7) is 2.06. The van der Waals surface area contributed by atoms with Crippen molar-refractivity contribution in [1.82, 2.24) is 15.2 Å². The Balaban J connectivity index is 1.72. The van der Waals surface area contributed by atoms with Crippen LogP contribution in [0.5, 0.6) is 0 Å². The van der Waals surface area contributed by atoms with Crippen LogP contribution >= 0.6 is 0 Å². The molecular formula is C16H25N3O4. The fourth-order valence-corrected chi connectivity index (χ4v) is 2.59. The molecular weight excluding hydrogens is 298 g/mol. The number of carbonyl (C=O) groups is 1. The molecule has 2 N–H and O–H groups in total. The molecule has 23 heavy (non-hydrogen) atoms. The van der Waals surface area contributed by atoms with E-state index in [0.29, 0.717) is 26.3 Å². The van der Waals surface area contributed by atoms with Crippen LogP contribution in [0.15, 0.2) is 24.4 Å². The summed E-state index contributed by atoms with van der Waals surface area (Å²) in [6.07, 6.45) is 0.776. The molecule has 1 aromatic rings. The highest BCUT2D eigenvalue weighted by Crippen LogP contribution is 2.16. The maximum absolute atomic E-state index is 12.0. The van der Waals surface area contributed by atoms with Crippen molar-refractivity contribution in [2.24, 2.45) is 5.92 Å². The number of carbonyl (C=O) groups excluding carboxylic acids is 1. The number of aliphatic hydroxyl groups excluding tert-OH is 1. The average molecular weight is 323 g/mol. The maximum Gasteiger partial charge on any atom is 0.234 e. The van der Waals surface area contributed by atoms with Gasteiger partial charge in [-0.1, -0.05) is 6.07 Å². The summed E-state index contributed by atoms with van der Waals surface area (Å²) in [5.41, 5.74) is 0.918. The second-order valence-corrected chi connectivity index (χ2v) is 5.86. The maximum atomic E-state index is 12.0. The predicted octanol–water partition coefficient (Wildman–Crippen LogP) is -0.348. The minimum Gasteiger partial charge on any atom is -0.390 e. The number of rotatable bonds is 7. The number of hydrogen-bond donors (Lipinski definition) is 2. The largest absolute Gasteiger partial charge is 0.390 e. The number of amides is 1. The van der Waals surface area contributed by atoms with Gasteiger partial charge < -0.3 is 19.9 Å². The Kier molecular flexibility index (Phi) is 6.91. The van der Waals surface area contributed by atoms with Gasteiger partial charge >= 0.3 is 0 Å². The zero-order valence-electron chi connectivity index (χ0n) is 13.6. The summed E-state index contributed by atoms with van der Waals surface area (Å²) in [5, 5.41) is 13.0. The zero-order chi connectivity index (χ0) is 16.7. The van der Waals surface area contributed by atoms with Crippen molar-refractivity contribution >= 4 is 5.91 Å². The molecule has 1 aliphatic rings. The van der Waals surface area contributed by atoms with E-state index in [2.05, 4.69) is 10.3 Å². The lowest BCUT2D eigenvalue weighted by molar-refractivity contribution is -0.136. The number of likely N-dealkylation sites (N-methyl/N-ethyl adjacent to an activating group) is 1. The third-order valence-corrected chi connectivity index (χ3v) is 3.91. The number of pyridine rings is 1. The zero-order valence-corrected chi connectivity index (χ0v) is 13.6. The first-order valence-electron chi connectivity index (χ1n) is 7.74. The molecule has 0 spiro atoms. The van der Waals surface area contributed by atoms with Crippen LogP contribution < -0.4 is 5.32 Å². The molecule has 2 rings (SSSR count). The van der Waals surface area contributed by atoms with Gasteiger partial charge in [-0.3, -0.25) is 14.7 Å². The van der Waals surface area contributed by atoms with E-state index in [1.54, 1.807) is 13.3 Å². The van der Waals surface area contributed by atoms with Crippen molar-refractivity contribution in [1.29, 1.82) is 0 Å². The lowest BCUT2D eigenvalue weighted by Gasteiger charge is -2.33. The van der Waals surface area contributed by atoms with Crippen molar-refractivity contribution in [3.8, 4) is 0 Å². The van der Waals surface area contributed by atoms with Crippen molar-refractivity contribution in [2.45, 2.75) is 18.8 Å². The Hall–Kier alpha value is -1.54. The van der Waals surface area contributed by atoms with Gasteiger partial charge in [-0.25, -0.2) is 0 Å². The highest BCUT2D eigenvalue weighted by atomic mass is 16.5. The van der Waals surface area contributed by atoms with Crippen LogP contribution in [0, 0.1) is 5.92 Å². The van der Waals surface area contributed by atoms with Crippen LogP contribution in [-0.2, 0) is 20.8 Å². The monoisotopic (exact) mass is 323 g/mol. The van der Waals surface area contributed by atoms with Gasteiger partial charge in [-0.05, 0) is 19.2 Å². The van der Waals surface area contributed by atoms with Crippen molar-refractivity contribution in [2.75, 3.05) is 40.5 Å². The van der Waals surface area contributed by atoms with Crippen LogP contribution in [0.3, 0.4) is 0 Å². The van der Waals surface area contributed by atoms with E-state index in [4.69, 9.17) is 9.47 Å². The second kappa shape index (κ2) is 8.93. The third kappa shape index (κ3) is 5.54. The number of hydrogen-bond acceptors (Lipinski definition) is 6. The van der Waals surface area contributed by atoms with E-state index < -0.39 is 6.10 Å². The molecule has 1 aliphatic heterocycles. The van der Waals surface area contributed by atoms with Gasteiger partial charge in [0.1, 0.15) is 6.10 Å². The number of aliphatic hydroxyl groups is 1. The Morgan fingerprint density at radius 2 is 2.35 bits per heavy atom. The van der Waals surface area contributed by atoms with E-state index in [-0.39, 0.29) is 24.5 Å². The highest BCUT2D eigenvalue weighted by molar-refractivity contribution is 5.77. The third-order valence-electron chi connectivity index (χ3n) is 3.91. The molecule has 0 saturated carbocycles. The Morgan fingerprint density at radius 3 is 3.04 bits per heavy atom. The Morgan fingerprint density at radius 1 is 1.52 bits per heavy atom. The lowest BCUT2D eigenvalue weighted by atomic mass is 9.96. The van der Waals surface area contributed by atoms with Gasteiger partial charge in [0.15, 0.2) is 0 Å². The normalized spacial score (nSPS) is 24.6. The predicted molar refractivity (Wildman–Crippen MR) is 84.7 cm³/mol. The summed E-state index contributed by atoms with van der Waals surface area (Å²) in [5.74, 6) is -0.242. The van der Waals surface area contributed by atoms with E-state index in [1.165, 1.54) is 0 Å². The fourth-order valence-electron chi connectivity index (χ4n) is 2.59. The summed E-state index contributed by atoms with van der Waals surface area (Å²) >= 11 is 0. The summed E-state index contributed by atoms with van der Waals surface area (Å²) in [4.78, 5) is 18.1. The smallest absolute Gasteiger partial charge is 0.234 e.